The molecule has 0 saturated carbocycles. The van der Waals surface area contributed by atoms with Gasteiger partial charge >= 0.3 is 0 Å². The van der Waals surface area contributed by atoms with Gasteiger partial charge in [-0.25, -0.2) is 14.4 Å². The molecular weight excluding hydrogens is 269 g/mol. The maximum absolute atomic E-state index is 14.1. The number of pyridine rings is 1. The topological polar surface area (TPSA) is 90.7 Å². The van der Waals surface area contributed by atoms with E-state index in [1.54, 1.807) is 18.5 Å². The lowest BCUT2D eigenvalue weighted by atomic mass is 9.96. The Balaban J connectivity index is 2.08. The van der Waals surface area contributed by atoms with E-state index in [0.717, 1.165) is 10.9 Å². The number of nitrogens with zero attached hydrogens (tertiary/aromatic N) is 3. The lowest BCUT2D eigenvalue weighted by Gasteiger charge is -2.13. The summed E-state index contributed by atoms with van der Waals surface area (Å²) >= 11 is 0. The largest absolute Gasteiger partial charge is 0.381 e. The molecular formula is C15H14FN5. The lowest BCUT2D eigenvalue weighted by Crippen LogP contribution is -2.07. The third-order valence-corrected chi connectivity index (χ3v) is 3.47. The van der Waals surface area contributed by atoms with Crippen molar-refractivity contribution in [3.8, 4) is 0 Å². The van der Waals surface area contributed by atoms with Crippen molar-refractivity contribution in [1.29, 1.82) is 0 Å². The fourth-order valence-electron chi connectivity index (χ4n) is 2.23. The molecule has 106 valence electrons. The number of anilines is 2. The predicted octanol–water partition coefficient (Wildman–Crippen LogP) is 2.48. The highest BCUT2D eigenvalue weighted by Crippen LogP contribution is 2.27. The minimum Gasteiger partial charge on any atom is -0.381 e. The molecule has 5 nitrogen and oxygen atoms in total. The van der Waals surface area contributed by atoms with Crippen LogP contribution < -0.4 is 11.5 Å². The summed E-state index contributed by atoms with van der Waals surface area (Å²) in [5.74, 6) is -0.132. The van der Waals surface area contributed by atoms with Gasteiger partial charge in [0.25, 0.3) is 0 Å². The first-order valence-corrected chi connectivity index (χ1v) is 6.48. The Morgan fingerprint density at radius 1 is 1.14 bits per heavy atom. The summed E-state index contributed by atoms with van der Waals surface area (Å²) in [6.45, 7) is 1.91. The average molecular weight is 283 g/mol. The molecule has 2 heterocycles. The van der Waals surface area contributed by atoms with Gasteiger partial charge in [0.15, 0.2) is 11.6 Å². The lowest BCUT2D eigenvalue weighted by molar-refractivity contribution is 0.633. The molecule has 0 spiro atoms. The zero-order chi connectivity index (χ0) is 15.0. The standard InChI is InChI=1S/C15H14FN5/c1-8(12-7-20-14(17)15(18)21-12)10-5-9-3-2-4-19-13(9)11(16)6-10/h2-8H,1H3,(H2,17,20)(H2,18,21). The van der Waals surface area contributed by atoms with E-state index in [2.05, 4.69) is 15.0 Å². The van der Waals surface area contributed by atoms with Gasteiger partial charge in [0.05, 0.1) is 11.9 Å². The molecule has 0 radical (unpaired) electrons. The van der Waals surface area contributed by atoms with Crippen molar-refractivity contribution in [3.63, 3.8) is 0 Å². The van der Waals surface area contributed by atoms with Crippen molar-refractivity contribution in [3.05, 3.63) is 53.7 Å². The summed E-state index contributed by atoms with van der Waals surface area (Å²) in [5, 5.41) is 0.746. The van der Waals surface area contributed by atoms with Crippen molar-refractivity contribution in [2.45, 2.75) is 12.8 Å². The fraction of sp³-hybridized carbons (Fsp3) is 0.133. The number of halogens is 1. The highest BCUT2D eigenvalue weighted by atomic mass is 19.1. The zero-order valence-electron chi connectivity index (χ0n) is 11.4. The first-order chi connectivity index (χ1) is 10.1. The number of nitrogens with two attached hydrogens (primary N) is 2. The fourth-order valence-corrected chi connectivity index (χ4v) is 2.23. The second kappa shape index (κ2) is 4.97. The number of benzene rings is 1. The van der Waals surface area contributed by atoms with Gasteiger partial charge in [0.1, 0.15) is 11.3 Å². The van der Waals surface area contributed by atoms with Crippen LogP contribution in [0, 0.1) is 5.82 Å². The number of rotatable bonds is 2. The van der Waals surface area contributed by atoms with Gasteiger partial charge < -0.3 is 11.5 Å². The first-order valence-electron chi connectivity index (χ1n) is 6.48. The molecule has 1 unspecified atom stereocenters. The van der Waals surface area contributed by atoms with E-state index in [9.17, 15) is 4.39 Å². The van der Waals surface area contributed by atoms with E-state index in [0.29, 0.717) is 11.2 Å². The van der Waals surface area contributed by atoms with E-state index in [1.807, 2.05) is 19.1 Å². The molecule has 0 amide bonds. The Kier molecular flexibility index (Phi) is 3.13. The summed E-state index contributed by atoms with van der Waals surface area (Å²) < 4.78 is 14.1. The molecule has 21 heavy (non-hydrogen) atoms. The quantitative estimate of drug-likeness (QED) is 0.754. The van der Waals surface area contributed by atoms with Crippen LogP contribution in [0.15, 0.2) is 36.7 Å². The Hall–Kier alpha value is -2.76. The first kappa shape index (κ1) is 13.2. The van der Waals surface area contributed by atoms with Crippen molar-refractivity contribution in [2.75, 3.05) is 11.5 Å². The summed E-state index contributed by atoms with van der Waals surface area (Å²) in [6, 6.07) is 6.96. The molecule has 1 atom stereocenters. The molecule has 6 heteroatoms. The summed E-state index contributed by atoms with van der Waals surface area (Å²) in [4.78, 5) is 12.2. The number of hydrogen-bond donors (Lipinski definition) is 2. The van der Waals surface area contributed by atoms with Crippen molar-refractivity contribution in [1.82, 2.24) is 15.0 Å². The smallest absolute Gasteiger partial charge is 0.166 e. The third kappa shape index (κ3) is 2.35. The van der Waals surface area contributed by atoms with Crippen molar-refractivity contribution < 1.29 is 4.39 Å². The molecule has 0 saturated heterocycles. The van der Waals surface area contributed by atoms with Crippen LogP contribution in [0.3, 0.4) is 0 Å². The van der Waals surface area contributed by atoms with Crippen LogP contribution in [-0.4, -0.2) is 15.0 Å². The molecule has 3 rings (SSSR count). The van der Waals surface area contributed by atoms with Gasteiger partial charge in [-0.3, -0.25) is 4.98 Å². The summed E-state index contributed by atoms with van der Waals surface area (Å²) in [6.07, 6.45) is 3.13. The Labute approximate surface area is 120 Å². The van der Waals surface area contributed by atoms with E-state index >= 15 is 0 Å². The Morgan fingerprint density at radius 3 is 2.71 bits per heavy atom. The molecule has 0 aliphatic heterocycles. The van der Waals surface area contributed by atoms with Gasteiger partial charge in [-0.1, -0.05) is 13.0 Å². The molecule has 3 aromatic rings. The molecule has 0 aliphatic rings. The molecule has 0 fully saturated rings. The number of aromatic nitrogens is 3. The summed E-state index contributed by atoms with van der Waals surface area (Å²) in [7, 11) is 0. The maximum atomic E-state index is 14.1. The Bertz CT molecular complexity index is 818. The number of nitrogen functional groups attached to an aromatic ring is 2. The average Bonchev–Trinajstić information content (AvgIpc) is 2.49. The summed E-state index contributed by atoms with van der Waals surface area (Å²) in [5.41, 5.74) is 13.0. The van der Waals surface area contributed by atoms with Gasteiger partial charge in [-0.05, 0) is 23.8 Å². The van der Waals surface area contributed by atoms with Crippen molar-refractivity contribution in [2.24, 2.45) is 0 Å². The molecule has 1 aromatic carbocycles. The molecule has 0 bridgehead atoms. The minimum atomic E-state index is -0.355. The van der Waals surface area contributed by atoms with Gasteiger partial charge in [0, 0.05) is 17.5 Å². The Morgan fingerprint density at radius 2 is 1.95 bits per heavy atom. The van der Waals surface area contributed by atoms with E-state index in [4.69, 9.17) is 11.5 Å². The van der Waals surface area contributed by atoms with Crippen LogP contribution >= 0.6 is 0 Å². The molecule has 4 N–H and O–H groups in total. The predicted molar refractivity (Wildman–Crippen MR) is 80.1 cm³/mol. The van der Waals surface area contributed by atoms with Crippen LogP contribution in [0.25, 0.3) is 10.9 Å². The SMILES string of the molecule is CC(c1cc(F)c2ncccc2c1)c1cnc(N)c(N)n1. The minimum absolute atomic E-state index is 0.153. The van der Waals surface area contributed by atoms with Crippen LogP contribution in [0.2, 0.25) is 0 Å². The van der Waals surface area contributed by atoms with Gasteiger partial charge in [-0.15, -0.1) is 0 Å². The van der Waals surface area contributed by atoms with E-state index < -0.39 is 0 Å². The second-order valence-electron chi connectivity index (χ2n) is 4.86. The van der Waals surface area contributed by atoms with Crippen molar-refractivity contribution >= 4 is 22.5 Å². The highest BCUT2D eigenvalue weighted by Gasteiger charge is 2.15. The van der Waals surface area contributed by atoms with Crippen LogP contribution in [0.1, 0.15) is 24.1 Å². The highest BCUT2D eigenvalue weighted by molar-refractivity contribution is 5.80. The molecule has 0 aliphatic carbocycles. The second-order valence-corrected chi connectivity index (χ2v) is 4.86. The van der Waals surface area contributed by atoms with E-state index in [1.165, 1.54) is 6.07 Å². The number of hydrogen-bond acceptors (Lipinski definition) is 5. The van der Waals surface area contributed by atoms with Crippen LogP contribution in [-0.2, 0) is 0 Å². The van der Waals surface area contributed by atoms with E-state index in [-0.39, 0.29) is 23.4 Å². The van der Waals surface area contributed by atoms with Gasteiger partial charge in [-0.2, -0.15) is 0 Å². The van der Waals surface area contributed by atoms with Crippen LogP contribution in [0.5, 0.6) is 0 Å². The monoisotopic (exact) mass is 283 g/mol. The van der Waals surface area contributed by atoms with Crippen LogP contribution in [0.4, 0.5) is 16.0 Å². The maximum Gasteiger partial charge on any atom is 0.166 e. The van der Waals surface area contributed by atoms with Gasteiger partial charge in [0.2, 0.25) is 0 Å². The third-order valence-electron chi connectivity index (χ3n) is 3.47. The number of fused-ring (bicyclic) bond motifs is 1. The molecule has 2 aromatic heterocycles. The zero-order valence-corrected chi connectivity index (χ0v) is 11.4. The normalized spacial score (nSPS) is 12.5.